The highest BCUT2D eigenvalue weighted by Gasteiger charge is 2.33. The number of nitrogens with one attached hydrogen (secondary N) is 1. The second-order valence-electron chi connectivity index (χ2n) is 5.28. The fourth-order valence-electron chi connectivity index (χ4n) is 2.17. The summed E-state index contributed by atoms with van der Waals surface area (Å²) in [6, 6.07) is -0.518. The van der Waals surface area contributed by atoms with Gasteiger partial charge in [-0.3, -0.25) is 4.79 Å². The van der Waals surface area contributed by atoms with Gasteiger partial charge in [0, 0.05) is 19.6 Å². The number of amides is 3. The maximum absolute atomic E-state index is 12.2. The highest BCUT2D eigenvalue weighted by molar-refractivity contribution is 5.85. The maximum atomic E-state index is 12.2. The normalized spacial score (nSPS) is 23.3. The van der Waals surface area contributed by atoms with Gasteiger partial charge in [-0.25, -0.2) is 4.79 Å². The minimum absolute atomic E-state index is 0.00576. The molecule has 0 bridgehead atoms. The van der Waals surface area contributed by atoms with Crippen LogP contribution in [0.4, 0.5) is 4.79 Å². The lowest BCUT2D eigenvalue weighted by atomic mass is 9.93. The van der Waals surface area contributed by atoms with Gasteiger partial charge in [0.1, 0.15) is 0 Å². The SMILES string of the molecule is CCC(C)(N)C(=O)N1CCCC(CNC(N)=O)C1. The second-order valence-corrected chi connectivity index (χ2v) is 5.28. The summed E-state index contributed by atoms with van der Waals surface area (Å²) in [5.74, 6) is 0.261. The molecule has 1 fully saturated rings. The molecule has 2 atom stereocenters. The zero-order valence-electron chi connectivity index (χ0n) is 11.2. The molecule has 1 rings (SSSR count). The number of primary amides is 1. The third-order valence-corrected chi connectivity index (χ3v) is 3.59. The number of hydrogen-bond donors (Lipinski definition) is 3. The molecule has 2 unspecified atom stereocenters. The molecule has 0 radical (unpaired) electrons. The quantitative estimate of drug-likeness (QED) is 0.661. The number of hydrogen-bond acceptors (Lipinski definition) is 3. The maximum Gasteiger partial charge on any atom is 0.312 e. The van der Waals surface area contributed by atoms with Crippen LogP contribution in [0.1, 0.15) is 33.1 Å². The van der Waals surface area contributed by atoms with E-state index in [0.717, 1.165) is 19.4 Å². The van der Waals surface area contributed by atoms with Crippen LogP contribution in [0, 0.1) is 5.92 Å². The third-order valence-electron chi connectivity index (χ3n) is 3.59. The highest BCUT2D eigenvalue weighted by atomic mass is 16.2. The van der Waals surface area contributed by atoms with Crippen LogP contribution in [0.15, 0.2) is 0 Å². The van der Waals surface area contributed by atoms with Gasteiger partial charge in [0.05, 0.1) is 5.54 Å². The molecule has 0 aromatic carbocycles. The zero-order valence-corrected chi connectivity index (χ0v) is 11.2. The lowest BCUT2D eigenvalue weighted by Gasteiger charge is -2.37. The van der Waals surface area contributed by atoms with E-state index < -0.39 is 11.6 Å². The summed E-state index contributed by atoms with van der Waals surface area (Å²) in [7, 11) is 0. The molecule has 6 nitrogen and oxygen atoms in total. The number of nitrogens with two attached hydrogens (primary N) is 2. The molecule has 0 spiro atoms. The Bertz CT molecular complexity index is 317. The largest absolute Gasteiger partial charge is 0.352 e. The molecular weight excluding hydrogens is 232 g/mol. The third kappa shape index (κ3) is 3.87. The number of carbonyl (C=O) groups is 2. The summed E-state index contributed by atoms with van der Waals surface area (Å²) in [4.78, 5) is 24.7. The summed E-state index contributed by atoms with van der Waals surface area (Å²) < 4.78 is 0. The smallest absolute Gasteiger partial charge is 0.312 e. The van der Waals surface area contributed by atoms with Gasteiger partial charge in [0.15, 0.2) is 0 Å². The van der Waals surface area contributed by atoms with Gasteiger partial charge in [-0.15, -0.1) is 0 Å². The van der Waals surface area contributed by atoms with Crippen LogP contribution < -0.4 is 16.8 Å². The second kappa shape index (κ2) is 6.04. The van der Waals surface area contributed by atoms with Gasteiger partial charge in [0.2, 0.25) is 5.91 Å². The summed E-state index contributed by atoms with van der Waals surface area (Å²) in [6.45, 7) is 5.59. The van der Waals surface area contributed by atoms with Crippen LogP contribution in [0.5, 0.6) is 0 Å². The van der Waals surface area contributed by atoms with Crippen molar-refractivity contribution in [2.75, 3.05) is 19.6 Å². The van der Waals surface area contributed by atoms with Crippen LogP contribution in [0.2, 0.25) is 0 Å². The minimum Gasteiger partial charge on any atom is -0.352 e. The van der Waals surface area contributed by atoms with Gasteiger partial charge in [-0.2, -0.15) is 0 Å². The van der Waals surface area contributed by atoms with Crippen molar-refractivity contribution >= 4 is 11.9 Å². The van der Waals surface area contributed by atoms with Crippen LogP contribution in [-0.2, 0) is 4.79 Å². The Hall–Kier alpha value is -1.30. The fraction of sp³-hybridized carbons (Fsp3) is 0.833. The Labute approximate surface area is 108 Å². The van der Waals surface area contributed by atoms with Gasteiger partial charge < -0.3 is 21.7 Å². The number of carbonyl (C=O) groups excluding carboxylic acids is 2. The number of rotatable bonds is 4. The molecule has 6 heteroatoms. The molecule has 0 aliphatic carbocycles. The van der Waals surface area contributed by atoms with Crippen molar-refractivity contribution in [3.63, 3.8) is 0 Å². The first kappa shape index (κ1) is 14.8. The first-order chi connectivity index (χ1) is 8.36. The molecule has 0 aromatic heterocycles. The van der Waals surface area contributed by atoms with Crippen molar-refractivity contribution in [3.05, 3.63) is 0 Å². The molecule has 104 valence electrons. The number of nitrogens with zero attached hydrogens (tertiary/aromatic N) is 1. The van der Waals surface area contributed by atoms with Gasteiger partial charge >= 0.3 is 6.03 Å². The summed E-state index contributed by atoms with van der Waals surface area (Å²) in [5, 5.41) is 2.60. The van der Waals surface area contributed by atoms with Crippen molar-refractivity contribution in [2.45, 2.75) is 38.6 Å². The molecular formula is C12H24N4O2. The van der Waals surface area contributed by atoms with E-state index in [2.05, 4.69) is 5.32 Å². The molecule has 5 N–H and O–H groups in total. The lowest BCUT2D eigenvalue weighted by molar-refractivity contribution is -0.138. The van der Waals surface area contributed by atoms with E-state index in [-0.39, 0.29) is 11.8 Å². The average molecular weight is 256 g/mol. The molecule has 18 heavy (non-hydrogen) atoms. The Kier molecular flexibility index (Phi) is 4.95. The Morgan fingerprint density at radius 1 is 1.50 bits per heavy atom. The molecule has 1 aliphatic rings. The number of piperidine rings is 1. The monoisotopic (exact) mass is 256 g/mol. The van der Waals surface area contributed by atoms with E-state index in [9.17, 15) is 9.59 Å². The predicted molar refractivity (Wildman–Crippen MR) is 69.8 cm³/mol. The van der Waals surface area contributed by atoms with Crippen LogP contribution in [0.3, 0.4) is 0 Å². The van der Waals surface area contributed by atoms with Crippen LogP contribution >= 0.6 is 0 Å². The van der Waals surface area contributed by atoms with Crippen LogP contribution in [-0.4, -0.2) is 42.0 Å². The molecule has 1 saturated heterocycles. The molecule has 0 aromatic rings. The zero-order chi connectivity index (χ0) is 13.8. The van der Waals surface area contributed by atoms with Crippen molar-refractivity contribution in [1.82, 2.24) is 10.2 Å². The Morgan fingerprint density at radius 2 is 2.17 bits per heavy atom. The lowest BCUT2D eigenvalue weighted by Crippen LogP contribution is -2.56. The summed E-state index contributed by atoms with van der Waals surface area (Å²) in [6.07, 6.45) is 2.56. The molecule has 1 heterocycles. The highest BCUT2D eigenvalue weighted by Crippen LogP contribution is 2.19. The van der Waals surface area contributed by atoms with E-state index in [4.69, 9.17) is 11.5 Å². The average Bonchev–Trinajstić information content (AvgIpc) is 2.35. The fourth-order valence-corrected chi connectivity index (χ4v) is 2.17. The van der Waals surface area contributed by atoms with E-state index in [1.807, 2.05) is 6.92 Å². The van der Waals surface area contributed by atoms with E-state index >= 15 is 0 Å². The van der Waals surface area contributed by atoms with Crippen molar-refractivity contribution in [1.29, 1.82) is 0 Å². The van der Waals surface area contributed by atoms with Gasteiger partial charge in [0.25, 0.3) is 0 Å². The van der Waals surface area contributed by atoms with Gasteiger partial charge in [-0.1, -0.05) is 6.92 Å². The summed E-state index contributed by atoms with van der Waals surface area (Å²) in [5.41, 5.74) is 10.2. The molecule has 3 amide bonds. The first-order valence-electron chi connectivity index (χ1n) is 6.48. The Morgan fingerprint density at radius 3 is 2.72 bits per heavy atom. The minimum atomic E-state index is -0.793. The topological polar surface area (TPSA) is 101 Å². The van der Waals surface area contributed by atoms with Crippen LogP contribution in [0.25, 0.3) is 0 Å². The van der Waals surface area contributed by atoms with Gasteiger partial charge in [-0.05, 0) is 32.1 Å². The van der Waals surface area contributed by atoms with E-state index in [0.29, 0.717) is 19.5 Å². The first-order valence-corrected chi connectivity index (χ1v) is 6.48. The molecule has 0 saturated carbocycles. The van der Waals surface area contributed by atoms with Crippen molar-refractivity contribution < 1.29 is 9.59 Å². The number of urea groups is 1. The predicted octanol–water partition coefficient (Wildman–Crippen LogP) is 0.0207. The standard InChI is InChI=1S/C12H24N4O2/c1-3-12(2,14)10(17)16-6-4-5-9(8-16)7-15-11(13)18/h9H,3-8,14H2,1-2H3,(H3,13,15,18). The van der Waals surface area contributed by atoms with Crippen molar-refractivity contribution in [3.8, 4) is 0 Å². The molecule has 1 aliphatic heterocycles. The van der Waals surface area contributed by atoms with Crippen molar-refractivity contribution in [2.24, 2.45) is 17.4 Å². The van der Waals surface area contributed by atoms with E-state index in [1.165, 1.54) is 0 Å². The summed E-state index contributed by atoms with van der Waals surface area (Å²) >= 11 is 0. The number of likely N-dealkylation sites (tertiary alicyclic amines) is 1. The van der Waals surface area contributed by atoms with E-state index in [1.54, 1.807) is 11.8 Å². The Balaban J connectivity index is 2.53.